The second-order valence-electron chi connectivity index (χ2n) is 5.57. The molecule has 0 spiro atoms. The standard InChI is InChI=1S/C15H19N3O/c1-2-11-8-13-14(9-12(11)16-5-1)18-15(17-13)10-3-6-19-7-4-10/h8-10,16H,1-7H2,(H,17,18). The quantitative estimate of drug-likeness (QED) is 0.826. The van der Waals surface area contributed by atoms with Gasteiger partial charge in [-0.3, -0.25) is 0 Å². The molecule has 1 fully saturated rings. The van der Waals surface area contributed by atoms with Gasteiger partial charge >= 0.3 is 0 Å². The Hall–Kier alpha value is -1.55. The van der Waals surface area contributed by atoms with Crippen LogP contribution in [0.5, 0.6) is 0 Å². The van der Waals surface area contributed by atoms with E-state index in [2.05, 4.69) is 22.4 Å². The van der Waals surface area contributed by atoms with E-state index in [0.29, 0.717) is 5.92 Å². The summed E-state index contributed by atoms with van der Waals surface area (Å²) in [5, 5.41) is 3.47. The van der Waals surface area contributed by atoms with Crippen LogP contribution in [0.1, 0.15) is 36.6 Å². The SMILES string of the molecule is c1c2c(cc3[nH]c(C4CCOCC4)nc13)CCCN2. The summed E-state index contributed by atoms with van der Waals surface area (Å²) in [6, 6.07) is 4.47. The molecule has 0 radical (unpaired) electrons. The Balaban J connectivity index is 1.73. The van der Waals surface area contributed by atoms with Crippen LogP contribution in [0, 0.1) is 0 Å². The van der Waals surface area contributed by atoms with Crippen molar-refractivity contribution in [2.24, 2.45) is 0 Å². The molecule has 0 atom stereocenters. The summed E-state index contributed by atoms with van der Waals surface area (Å²) in [5.74, 6) is 1.67. The monoisotopic (exact) mass is 257 g/mol. The molecule has 0 amide bonds. The molecule has 19 heavy (non-hydrogen) atoms. The van der Waals surface area contributed by atoms with Crippen molar-refractivity contribution in [3.63, 3.8) is 0 Å². The second-order valence-corrected chi connectivity index (χ2v) is 5.57. The number of nitrogens with zero attached hydrogens (tertiary/aromatic N) is 1. The summed E-state index contributed by atoms with van der Waals surface area (Å²) in [6.07, 6.45) is 4.55. The molecule has 4 heteroatoms. The topological polar surface area (TPSA) is 49.9 Å². The van der Waals surface area contributed by atoms with Gasteiger partial charge in [-0.1, -0.05) is 0 Å². The van der Waals surface area contributed by atoms with Crippen molar-refractivity contribution in [1.29, 1.82) is 0 Å². The Labute approximate surface area is 112 Å². The van der Waals surface area contributed by atoms with Crippen LogP contribution in [0.25, 0.3) is 11.0 Å². The molecule has 1 saturated heterocycles. The smallest absolute Gasteiger partial charge is 0.110 e. The van der Waals surface area contributed by atoms with Gasteiger partial charge in [-0.15, -0.1) is 0 Å². The van der Waals surface area contributed by atoms with Crippen LogP contribution >= 0.6 is 0 Å². The Morgan fingerprint density at radius 1 is 1.21 bits per heavy atom. The van der Waals surface area contributed by atoms with E-state index in [0.717, 1.165) is 43.9 Å². The maximum atomic E-state index is 5.42. The van der Waals surface area contributed by atoms with Gasteiger partial charge in [0.2, 0.25) is 0 Å². The van der Waals surface area contributed by atoms with Crippen LogP contribution in [0.4, 0.5) is 5.69 Å². The fourth-order valence-corrected chi connectivity index (χ4v) is 3.16. The first kappa shape index (κ1) is 11.3. The van der Waals surface area contributed by atoms with E-state index in [1.807, 2.05) is 0 Å². The number of hydrogen-bond donors (Lipinski definition) is 2. The summed E-state index contributed by atoms with van der Waals surface area (Å²) in [5.41, 5.74) is 4.96. The van der Waals surface area contributed by atoms with E-state index in [1.54, 1.807) is 0 Å². The van der Waals surface area contributed by atoms with Crippen LogP contribution in [0.15, 0.2) is 12.1 Å². The predicted octanol–water partition coefficient (Wildman–Crippen LogP) is 2.82. The highest BCUT2D eigenvalue weighted by atomic mass is 16.5. The van der Waals surface area contributed by atoms with Crippen molar-refractivity contribution >= 4 is 16.7 Å². The maximum Gasteiger partial charge on any atom is 0.110 e. The van der Waals surface area contributed by atoms with E-state index in [4.69, 9.17) is 9.72 Å². The van der Waals surface area contributed by atoms with Gasteiger partial charge in [0.15, 0.2) is 0 Å². The number of aromatic nitrogens is 2. The zero-order chi connectivity index (χ0) is 12.7. The first-order valence-corrected chi connectivity index (χ1v) is 7.24. The number of nitrogens with one attached hydrogen (secondary N) is 2. The number of hydrogen-bond acceptors (Lipinski definition) is 3. The number of fused-ring (bicyclic) bond motifs is 2. The molecule has 100 valence electrons. The Morgan fingerprint density at radius 2 is 2.11 bits per heavy atom. The normalized spacial score (nSPS) is 20.2. The van der Waals surface area contributed by atoms with Crippen LogP contribution in [0.3, 0.4) is 0 Å². The van der Waals surface area contributed by atoms with Gasteiger partial charge in [0.05, 0.1) is 11.0 Å². The van der Waals surface area contributed by atoms with Crippen molar-refractivity contribution in [2.45, 2.75) is 31.6 Å². The van der Waals surface area contributed by atoms with Crippen LogP contribution < -0.4 is 5.32 Å². The van der Waals surface area contributed by atoms with E-state index in [9.17, 15) is 0 Å². The largest absolute Gasteiger partial charge is 0.385 e. The van der Waals surface area contributed by atoms with E-state index < -0.39 is 0 Å². The van der Waals surface area contributed by atoms with E-state index in [-0.39, 0.29) is 0 Å². The molecule has 0 unspecified atom stereocenters. The highest BCUT2D eigenvalue weighted by molar-refractivity contribution is 5.82. The number of rotatable bonds is 1. The van der Waals surface area contributed by atoms with Crippen LogP contribution in [0.2, 0.25) is 0 Å². The number of H-pyrrole nitrogens is 1. The highest BCUT2D eigenvalue weighted by Gasteiger charge is 2.20. The number of anilines is 1. The lowest BCUT2D eigenvalue weighted by Crippen LogP contribution is -2.15. The molecule has 2 aromatic rings. The van der Waals surface area contributed by atoms with Crippen molar-refractivity contribution in [1.82, 2.24) is 9.97 Å². The molecular formula is C15H19N3O. The highest BCUT2D eigenvalue weighted by Crippen LogP contribution is 2.30. The molecule has 4 nitrogen and oxygen atoms in total. The summed E-state index contributed by atoms with van der Waals surface area (Å²) < 4.78 is 5.42. The molecule has 0 aliphatic carbocycles. The lowest BCUT2D eigenvalue weighted by Gasteiger charge is -2.19. The molecule has 1 aromatic carbocycles. The molecule has 1 aromatic heterocycles. The Kier molecular flexibility index (Phi) is 2.69. The maximum absolute atomic E-state index is 5.42. The molecular weight excluding hydrogens is 238 g/mol. The molecule has 4 rings (SSSR count). The van der Waals surface area contributed by atoms with Gasteiger partial charge in [0, 0.05) is 31.4 Å². The summed E-state index contributed by atoms with van der Waals surface area (Å²) in [6.45, 7) is 2.80. The van der Waals surface area contributed by atoms with Gasteiger partial charge in [-0.2, -0.15) is 0 Å². The van der Waals surface area contributed by atoms with Gasteiger partial charge in [0.25, 0.3) is 0 Å². The average molecular weight is 257 g/mol. The van der Waals surface area contributed by atoms with Crippen molar-refractivity contribution < 1.29 is 4.74 Å². The molecule has 3 heterocycles. The van der Waals surface area contributed by atoms with Crippen molar-refractivity contribution in [3.8, 4) is 0 Å². The number of aryl methyl sites for hydroxylation is 1. The Morgan fingerprint density at radius 3 is 3.00 bits per heavy atom. The minimum Gasteiger partial charge on any atom is -0.385 e. The Bertz CT molecular complexity index is 556. The number of benzene rings is 1. The van der Waals surface area contributed by atoms with Gasteiger partial charge in [-0.25, -0.2) is 4.98 Å². The minimum atomic E-state index is 0.533. The zero-order valence-corrected chi connectivity index (χ0v) is 11.0. The van der Waals surface area contributed by atoms with Gasteiger partial charge < -0.3 is 15.0 Å². The third-order valence-electron chi connectivity index (χ3n) is 4.27. The molecule has 2 aliphatic heterocycles. The van der Waals surface area contributed by atoms with Crippen LogP contribution in [-0.4, -0.2) is 29.7 Å². The average Bonchev–Trinajstić information content (AvgIpc) is 2.88. The van der Waals surface area contributed by atoms with Crippen molar-refractivity contribution in [2.75, 3.05) is 25.1 Å². The summed E-state index contributed by atoms with van der Waals surface area (Å²) in [7, 11) is 0. The number of ether oxygens (including phenoxy) is 1. The van der Waals surface area contributed by atoms with Crippen LogP contribution in [-0.2, 0) is 11.2 Å². The number of aromatic amines is 1. The fraction of sp³-hybridized carbons (Fsp3) is 0.533. The van der Waals surface area contributed by atoms with Crippen molar-refractivity contribution in [3.05, 3.63) is 23.5 Å². The zero-order valence-electron chi connectivity index (χ0n) is 11.0. The number of imidazole rings is 1. The van der Waals surface area contributed by atoms with Gasteiger partial charge in [0.1, 0.15) is 5.82 Å². The second kappa shape index (κ2) is 4.53. The lowest BCUT2D eigenvalue weighted by molar-refractivity contribution is 0.0838. The predicted molar refractivity (Wildman–Crippen MR) is 75.7 cm³/mol. The van der Waals surface area contributed by atoms with E-state index >= 15 is 0 Å². The molecule has 2 N–H and O–H groups in total. The summed E-state index contributed by atoms with van der Waals surface area (Å²) in [4.78, 5) is 8.31. The minimum absolute atomic E-state index is 0.533. The molecule has 0 saturated carbocycles. The first-order valence-electron chi connectivity index (χ1n) is 7.24. The third kappa shape index (κ3) is 2.00. The summed E-state index contributed by atoms with van der Waals surface area (Å²) >= 11 is 0. The first-order chi connectivity index (χ1) is 9.40. The third-order valence-corrected chi connectivity index (χ3v) is 4.27. The molecule has 0 bridgehead atoms. The molecule has 2 aliphatic rings. The van der Waals surface area contributed by atoms with Gasteiger partial charge in [-0.05, 0) is 43.4 Å². The fourth-order valence-electron chi connectivity index (χ4n) is 3.16. The lowest BCUT2D eigenvalue weighted by atomic mass is 10.00. The van der Waals surface area contributed by atoms with E-state index in [1.165, 1.54) is 29.6 Å².